The van der Waals surface area contributed by atoms with Crippen molar-refractivity contribution in [3.63, 3.8) is 0 Å². The highest BCUT2D eigenvalue weighted by Gasteiger charge is 2.34. The lowest BCUT2D eigenvalue weighted by Gasteiger charge is -2.02. The molecule has 2 N–H and O–H groups in total. The highest BCUT2D eigenvalue weighted by Crippen LogP contribution is 2.23. The molecule has 0 aliphatic heterocycles. The molecule has 1 aliphatic carbocycles. The largest absolute Gasteiger partial charge is 0.481 e. The van der Waals surface area contributed by atoms with Crippen LogP contribution in [0, 0.1) is 5.92 Å². The molecule has 0 amide bonds. The third-order valence-electron chi connectivity index (χ3n) is 1.64. The summed E-state index contributed by atoms with van der Waals surface area (Å²) in [5.41, 5.74) is -0.326. The Bertz CT molecular complexity index is 288. The van der Waals surface area contributed by atoms with Gasteiger partial charge in [-0.25, -0.2) is 4.79 Å². The predicted octanol–water partition coefficient (Wildman–Crippen LogP) is -0.329. The highest BCUT2D eigenvalue weighted by atomic mass is 16.4. The van der Waals surface area contributed by atoms with Gasteiger partial charge in [0.1, 0.15) is 0 Å². The maximum absolute atomic E-state index is 10.7. The van der Waals surface area contributed by atoms with Crippen LogP contribution < -0.4 is 0 Å². The van der Waals surface area contributed by atoms with Crippen molar-refractivity contribution in [2.75, 3.05) is 0 Å². The Kier molecular flexibility index (Phi) is 1.95. The first-order valence-corrected chi connectivity index (χ1v) is 3.23. The molecule has 0 bridgehead atoms. The minimum Gasteiger partial charge on any atom is -0.481 e. The van der Waals surface area contributed by atoms with E-state index < -0.39 is 23.6 Å². The first-order chi connectivity index (χ1) is 5.52. The molecule has 0 aromatic heterocycles. The summed E-state index contributed by atoms with van der Waals surface area (Å²) in [5, 5.41) is 17.0. The molecule has 5 nitrogen and oxygen atoms in total. The average molecular weight is 170 g/mol. The topological polar surface area (TPSA) is 91.7 Å². The van der Waals surface area contributed by atoms with Gasteiger partial charge in [0, 0.05) is 6.42 Å². The van der Waals surface area contributed by atoms with Gasteiger partial charge in [-0.2, -0.15) is 0 Å². The molecular formula is C7H6O5. The van der Waals surface area contributed by atoms with E-state index >= 15 is 0 Å². The van der Waals surface area contributed by atoms with E-state index in [0.717, 1.165) is 6.08 Å². The molecule has 64 valence electrons. The highest BCUT2D eigenvalue weighted by molar-refractivity contribution is 6.08. The molecule has 0 unspecified atom stereocenters. The second-order valence-electron chi connectivity index (χ2n) is 2.47. The summed E-state index contributed by atoms with van der Waals surface area (Å²) < 4.78 is 0. The smallest absolute Gasteiger partial charge is 0.332 e. The fraction of sp³-hybridized carbons (Fsp3) is 0.286. The second kappa shape index (κ2) is 2.77. The van der Waals surface area contributed by atoms with E-state index in [0.29, 0.717) is 0 Å². The molecular weight excluding hydrogens is 164 g/mol. The first kappa shape index (κ1) is 8.45. The van der Waals surface area contributed by atoms with Gasteiger partial charge in [0.15, 0.2) is 5.78 Å². The second-order valence-corrected chi connectivity index (χ2v) is 2.47. The molecule has 0 aromatic rings. The van der Waals surface area contributed by atoms with Gasteiger partial charge in [0.05, 0.1) is 11.5 Å². The monoisotopic (exact) mass is 170 g/mol. The number of ketones is 1. The van der Waals surface area contributed by atoms with Crippen molar-refractivity contribution in [1.82, 2.24) is 0 Å². The lowest BCUT2D eigenvalue weighted by Crippen LogP contribution is -2.18. The molecule has 12 heavy (non-hydrogen) atoms. The minimum atomic E-state index is -1.34. The SMILES string of the molecule is O=C1C=C(C(=O)O)[C@H](C(=O)O)C1. The van der Waals surface area contributed by atoms with Crippen LogP contribution in [0.2, 0.25) is 0 Å². The van der Waals surface area contributed by atoms with E-state index in [1.807, 2.05) is 0 Å². The molecule has 0 saturated heterocycles. The zero-order valence-corrected chi connectivity index (χ0v) is 5.98. The van der Waals surface area contributed by atoms with Crippen molar-refractivity contribution in [2.45, 2.75) is 6.42 Å². The number of aliphatic carboxylic acids is 2. The Morgan fingerprint density at radius 2 is 2.00 bits per heavy atom. The summed E-state index contributed by atoms with van der Waals surface area (Å²) in [6.45, 7) is 0. The van der Waals surface area contributed by atoms with Crippen LogP contribution >= 0.6 is 0 Å². The quantitative estimate of drug-likeness (QED) is 0.592. The van der Waals surface area contributed by atoms with E-state index in [2.05, 4.69) is 0 Å². The number of carbonyl (C=O) groups excluding carboxylic acids is 1. The van der Waals surface area contributed by atoms with Crippen LogP contribution in [-0.2, 0) is 14.4 Å². The summed E-state index contributed by atoms with van der Waals surface area (Å²) in [4.78, 5) is 31.5. The third-order valence-corrected chi connectivity index (χ3v) is 1.64. The number of rotatable bonds is 2. The molecule has 5 heteroatoms. The summed E-state index contributed by atoms with van der Waals surface area (Å²) in [5.74, 6) is -4.22. The number of hydrogen-bond acceptors (Lipinski definition) is 3. The molecule has 1 rings (SSSR count). The Hall–Kier alpha value is -1.65. The van der Waals surface area contributed by atoms with E-state index in [1.165, 1.54) is 0 Å². The first-order valence-electron chi connectivity index (χ1n) is 3.23. The Labute approximate surface area is 67.3 Å². The van der Waals surface area contributed by atoms with Gasteiger partial charge in [-0.15, -0.1) is 0 Å². The van der Waals surface area contributed by atoms with Crippen LogP contribution in [0.15, 0.2) is 11.6 Å². The lowest BCUT2D eigenvalue weighted by molar-refractivity contribution is -0.144. The van der Waals surface area contributed by atoms with Crippen molar-refractivity contribution in [1.29, 1.82) is 0 Å². The van der Waals surface area contributed by atoms with Gasteiger partial charge < -0.3 is 10.2 Å². The van der Waals surface area contributed by atoms with Crippen LogP contribution in [0.5, 0.6) is 0 Å². The van der Waals surface area contributed by atoms with Crippen LogP contribution in [0.25, 0.3) is 0 Å². The maximum Gasteiger partial charge on any atom is 0.332 e. The van der Waals surface area contributed by atoms with Crippen molar-refractivity contribution < 1.29 is 24.6 Å². The van der Waals surface area contributed by atoms with Crippen LogP contribution in [0.3, 0.4) is 0 Å². The van der Waals surface area contributed by atoms with Gasteiger partial charge in [0.2, 0.25) is 0 Å². The van der Waals surface area contributed by atoms with Crippen molar-refractivity contribution >= 4 is 17.7 Å². The average Bonchev–Trinajstić information content (AvgIpc) is 2.31. The van der Waals surface area contributed by atoms with Gasteiger partial charge in [-0.1, -0.05) is 0 Å². The van der Waals surface area contributed by atoms with Crippen LogP contribution in [0.4, 0.5) is 0 Å². The number of allylic oxidation sites excluding steroid dienone is 1. The Morgan fingerprint density at radius 1 is 1.42 bits per heavy atom. The molecule has 1 aliphatic rings. The van der Waals surface area contributed by atoms with Gasteiger partial charge in [-0.05, 0) is 6.08 Å². The fourth-order valence-corrected chi connectivity index (χ4v) is 1.08. The van der Waals surface area contributed by atoms with E-state index in [9.17, 15) is 14.4 Å². The van der Waals surface area contributed by atoms with Crippen LogP contribution in [-0.4, -0.2) is 27.9 Å². The summed E-state index contributed by atoms with van der Waals surface area (Å²) in [7, 11) is 0. The lowest BCUT2D eigenvalue weighted by atomic mass is 10.0. The molecule has 0 fully saturated rings. The molecule has 0 saturated carbocycles. The number of hydrogen-bond donors (Lipinski definition) is 2. The van der Waals surface area contributed by atoms with Crippen LogP contribution in [0.1, 0.15) is 6.42 Å². The van der Waals surface area contributed by atoms with Gasteiger partial charge in [0.25, 0.3) is 0 Å². The zero-order valence-electron chi connectivity index (χ0n) is 5.98. The Morgan fingerprint density at radius 3 is 2.33 bits per heavy atom. The molecule has 1 atom stereocenters. The van der Waals surface area contributed by atoms with Gasteiger partial charge in [-0.3, -0.25) is 9.59 Å². The van der Waals surface area contributed by atoms with Gasteiger partial charge >= 0.3 is 11.9 Å². The van der Waals surface area contributed by atoms with Crippen molar-refractivity contribution in [3.05, 3.63) is 11.6 Å². The third kappa shape index (κ3) is 1.34. The minimum absolute atomic E-state index is 0.239. The number of carboxylic acids is 2. The molecule has 0 aromatic carbocycles. The zero-order chi connectivity index (χ0) is 9.30. The molecule has 0 spiro atoms. The fourth-order valence-electron chi connectivity index (χ4n) is 1.08. The predicted molar refractivity (Wildman–Crippen MR) is 36.5 cm³/mol. The maximum atomic E-state index is 10.7. The van der Waals surface area contributed by atoms with E-state index in [1.54, 1.807) is 0 Å². The number of carbonyl (C=O) groups is 3. The summed E-state index contributed by atoms with van der Waals surface area (Å²) in [6, 6.07) is 0. The summed E-state index contributed by atoms with van der Waals surface area (Å²) in [6.07, 6.45) is 0.637. The van der Waals surface area contributed by atoms with Crippen molar-refractivity contribution in [2.24, 2.45) is 5.92 Å². The normalized spacial score (nSPS) is 22.2. The summed E-state index contributed by atoms with van der Waals surface area (Å²) >= 11 is 0. The van der Waals surface area contributed by atoms with E-state index in [-0.39, 0.29) is 12.0 Å². The van der Waals surface area contributed by atoms with Crippen molar-refractivity contribution in [3.8, 4) is 0 Å². The standard InChI is InChI=1S/C7H6O5/c8-3-1-4(6(9)10)5(2-3)7(11)12/h1,5H,2H2,(H,9,10)(H,11,12)/t5-/m1/s1. The Balaban J connectivity index is 2.94. The number of carboxylic acid groups (broad SMARTS) is 2. The molecule has 0 heterocycles. The molecule has 0 radical (unpaired) electrons. The van der Waals surface area contributed by atoms with E-state index in [4.69, 9.17) is 10.2 Å².